The first-order valence-corrected chi connectivity index (χ1v) is 11.9. The molecule has 0 aromatic rings. The molecule has 1 rings (SSSR count). The van der Waals surface area contributed by atoms with Crippen LogP contribution in [0.2, 0.25) is 18.1 Å². The summed E-state index contributed by atoms with van der Waals surface area (Å²) in [6, 6.07) is 0. The molecule has 0 spiro atoms. The van der Waals surface area contributed by atoms with Crippen LogP contribution in [0.15, 0.2) is 11.8 Å². The van der Waals surface area contributed by atoms with Gasteiger partial charge in [-0.15, -0.1) is 0 Å². The summed E-state index contributed by atoms with van der Waals surface area (Å²) in [6.07, 6.45) is 5.37. The molecule has 1 N–H and O–H groups in total. The first kappa shape index (κ1) is 18.9. The second-order valence-electron chi connectivity index (χ2n) is 8.49. The maximum atomic E-state index is 12.1. The highest BCUT2D eigenvalue weighted by molar-refractivity contribution is 7.84. The number of rotatable bonds is 4. The average Bonchev–Trinajstić information content (AvgIpc) is 2.28. The highest BCUT2D eigenvalue weighted by atomic mass is 32.2. The molecule has 2 atom stereocenters. The molecule has 2 unspecified atom stereocenters. The third kappa shape index (κ3) is 5.53. The van der Waals surface area contributed by atoms with Crippen molar-refractivity contribution in [3.8, 4) is 0 Å². The molecular weight excluding hydrogens is 298 g/mol. The topological polar surface area (TPSA) is 38.3 Å². The number of hydrogen-bond donors (Lipinski definition) is 1. The number of hydrogen-bond acceptors (Lipinski definition) is 2. The van der Waals surface area contributed by atoms with Crippen LogP contribution in [-0.2, 0) is 15.4 Å². The highest BCUT2D eigenvalue weighted by Crippen LogP contribution is 2.38. The van der Waals surface area contributed by atoms with Crippen molar-refractivity contribution in [2.24, 2.45) is 0 Å². The zero-order valence-electron chi connectivity index (χ0n) is 15.0. The molecule has 124 valence electrons. The first-order valence-electron chi connectivity index (χ1n) is 7.88. The van der Waals surface area contributed by atoms with Gasteiger partial charge in [0.15, 0.2) is 8.32 Å². The van der Waals surface area contributed by atoms with Crippen molar-refractivity contribution in [1.82, 2.24) is 4.72 Å². The lowest BCUT2D eigenvalue weighted by molar-refractivity contribution is 0.168. The van der Waals surface area contributed by atoms with Gasteiger partial charge in [-0.25, -0.2) is 4.21 Å². The van der Waals surface area contributed by atoms with E-state index in [4.69, 9.17) is 4.43 Å². The smallest absolute Gasteiger partial charge is 0.192 e. The molecule has 0 heterocycles. The third-order valence-electron chi connectivity index (χ3n) is 4.41. The van der Waals surface area contributed by atoms with E-state index in [9.17, 15) is 4.21 Å². The van der Waals surface area contributed by atoms with Gasteiger partial charge in [0.05, 0.1) is 4.75 Å². The molecule has 0 aromatic carbocycles. The van der Waals surface area contributed by atoms with Gasteiger partial charge in [-0.2, -0.15) is 0 Å². The van der Waals surface area contributed by atoms with E-state index in [1.54, 1.807) is 0 Å². The van der Waals surface area contributed by atoms with Crippen LogP contribution < -0.4 is 4.72 Å². The van der Waals surface area contributed by atoms with Crippen LogP contribution in [0.5, 0.6) is 0 Å². The van der Waals surface area contributed by atoms with Crippen LogP contribution >= 0.6 is 0 Å². The molecule has 0 aliphatic heterocycles. The van der Waals surface area contributed by atoms with Crippen LogP contribution in [-0.4, -0.2) is 23.4 Å². The largest absolute Gasteiger partial charge is 0.414 e. The van der Waals surface area contributed by atoms with Crippen LogP contribution in [0.3, 0.4) is 0 Å². The molecule has 0 saturated heterocycles. The molecule has 5 heteroatoms. The lowest BCUT2D eigenvalue weighted by Crippen LogP contribution is -2.44. The van der Waals surface area contributed by atoms with Crippen LogP contribution in [0.4, 0.5) is 0 Å². The fourth-order valence-corrected chi connectivity index (χ4v) is 4.01. The highest BCUT2D eigenvalue weighted by Gasteiger charge is 2.39. The van der Waals surface area contributed by atoms with Crippen molar-refractivity contribution in [2.45, 2.75) is 89.8 Å². The van der Waals surface area contributed by atoms with E-state index in [2.05, 4.69) is 44.7 Å². The monoisotopic (exact) mass is 331 g/mol. The molecule has 21 heavy (non-hydrogen) atoms. The zero-order chi connectivity index (χ0) is 16.5. The van der Waals surface area contributed by atoms with Gasteiger partial charge >= 0.3 is 0 Å². The molecule has 0 aromatic heterocycles. The number of allylic oxidation sites excluding steroid dienone is 1. The van der Waals surface area contributed by atoms with E-state index in [0.717, 1.165) is 25.0 Å². The fourth-order valence-electron chi connectivity index (χ4n) is 1.88. The third-order valence-corrected chi connectivity index (χ3v) is 10.5. The van der Waals surface area contributed by atoms with Gasteiger partial charge in [0, 0.05) is 11.8 Å². The Hall–Kier alpha value is -0.133. The van der Waals surface area contributed by atoms with Gasteiger partial charge in [-0.3, -0.25) is 0 Å². The fraction of sp³-hybridized carbons (Fsp3) is 0.875. The van der Waals surface area contributed by atoms with E-state index in [1.807, 2.05) is 20.8 Å². The minimum absolute atomic E-state index is 0.227. The Morgan fingerprint density at radius 1 is 1.24 bits per heavy atom. The standard InChI is InChI=1S/C16H33NO2SSi/c1-15(2,3)20(18)17-13-9-11-14(12-10-13)19-21(7,8)16(4,5)6/h9,14,17H,10-12H2,1-8H3. The summed E-state index contributed by atoms with van der Waals surface area (Å²) >= 11 is 0. The second-order valence-corrected chi connectivity index (χ2v) is 15.2. The molecule has 0 amide bonds. The predicted molar refractivity (Wildman–Crippen MR) is 95.0 cm³/mol. The molecular formula is C16H33NO2SSi. The van der Waals surface area contributed by atoms with Crippen LogP contribution in [0.1, 0.15) is 60.8 Å². The Morgan fingerprint density at radius 2 is 1.81 bits per heavy atom. The van der Waals surface area contributed by atoms with Gasteiger partial charge in [0.25, 0.3) is 0 Å². The van der Waals surface area contributed by atoms with Crippen molar-refractivity contribution >= 4 is 19.3 Å². The predicted octanol–water partition coefficient (Wildman–Crippen LogP) is 4.50. The summed E-state index contributed by atoms with van der Waals surface area (Å²) in [5.74, 6) is 0. The Morgan fingerprint density at radius 3 is 2.19 bits per heavy atom. The lowest BCUT2D eigenvalue weighted by atomic mass is 10.0. The summed E-state index contributed by atoms with van der Waals surface area (Å²) in [4.78, 5) is 0. The Labute approximate surface area is 134 Å². The van der Waals surface area contributed by atoms with Crippen molar-refractivity contribution in [3.63, 3.8) is 0 Å². The summed E-state index contributed by atoms with van der Waals surface area (Å²) in [6.45, 7) is 17.4. The van der Waals surface area contributed by atoms with Crippen molar-refractivity contribution in [2.75, 3.05) is 0 Å². The minimum Gasteiger partial charge on any atom is -0.414 e. The minimum atomic E-state index is -1.69. The van der Waals surface area contributed by atoms with Gasteiger partial charge in [-0.1, -0.05) is 26.8 Å². The number of nitrogens with one attached hydrogen (secondary N) is 1. The Kier molecular flexibility index (Phi) is 5.90. The van der Waals surface area contributed by atoms with Gasteiger partial charge in [-0.05, 0) is 58.2 Å². The van der Waals surface area contributed by atoms with Crippen LogP contribution in [0.25, 0.3) is 0 Å². The Bertz CT molecular complexity index is 419. The van der Waals surface area contributed by atoms with Crippen molar-refractivity contribution in [1.29, 1.82) is 0 Å². The SMILES string of the molecule is CC(C)(C)S(=O)NC1=CCC(O[Si](C)(C)C(C)(C)C)CC1. The summed E-state index contributed by atoms with van der Waals surface area (Å²) in [5, 5.41) is 0.253. The molecule has 0 fully saturated rings. The second kappa shape index (κ2) is 6.55. The van der Waals surface area contributed by atoms with E-state index in [0.29, 0.717) is 6.10 Å². The van der Waals surface area contributed by atoms with Crippen LogP contribution in [0, 0.1) is 0 Å². The molecule has 1 aliphatic carbocycles. The van der Waals surface area contributed by atoms with Crippen molar-refractivity contribution < 1.29 is 8.63 Å². The van der Waals surface area contributed by atoms with Gasteiger partial charge < -0.3 is 9.15 Å². The van der Waals surface area contributed by atoms with E-state index in [1.165, 1.54) is 0 Å². The Balaban J connectivity index is 2.57. The van der Waals surface area contributed by atoms with E-state index >= 15 is 0 Å². The van der Waals surface area contributed by atoms with Gasteiger partial charge in [0.2, 0.25) is 0 Å². The summed E-state index contributed by atoms with van der Waals surface area (Å²) in [7, 11) is -2.72. The maximum absolute atomic E-state index is 12.1. The quantitative estimate of drug-likeness (QED) is 0.770. The summed E-state index contributed by atoms with van der Waals surface area (Å²) < 4.78 is 21.5. The molecule has 0 bridgehead atoms. The zero-order valence-corrected chi connectivity index (χ0v) is 16.8. The van der Waals surface area contributed by atoms with E-state index < -0.39 is 19.3 Å². The molecule has 0 radical (unpaired) electrons. The maximum Gasteiger partial charge on any atom is 0.192 e. The normalized spacial score (nSPS) is 22.7. The molecule has 1 aliphatic rings. The van der Waals surface area contributed by atoms with Crippen molar-refractivity contribution in [3.05, 3.63) is 11.8 Å². The first-order chi connectivity index (χ1) is 9.33. The van der Waals surface area contributed by atoms with Gasteiger partial charge in [0.1, 0.15) is 11.0 Å². The average molecular weight is 332 g/mol. The molecule has 0 saturated carbocycles. The van der Waals surface area contributed by atoms with E-state index in [-0.39, 0.29) is 9.79 Å². The lowest BCUT2D eigenvalue weighted by Gasteiger charge is -2.40. The molecule has 3 nitrogen and oxygen atoms in total. The summed E-state index contributed by atoms with van der Waals surface area (Å²) in [5.41, 5.74) is 1.11.